The molecule has 2 aromatic heterocycles. The first-order valence-electron chi connectivity index (χ1n) is 14.6. The lowest BCUT2D eigenvalue weighted by molar-refractivity contribution is -0.128. The third kappa shape index (κ3) is 4.96. The Morgan fingerprint density at radius 2 is 1.95 bits per heavy atom. The number of aromatic nitrogens is 3. The van der Waals surface area contributed by atoms with E-state index in [1.54, 1.807) is 4.90 Å². The maximum Gasteiger partial charge on any atom is 0.320 e. The van der Waals surface area contributed by atoms with Gasteiger partial charge in [0, 0.05) is 38.3 Å². The molecule has 2 atom stereocenters. The summed E-state index contributed by atoms with van der Waals surface area (Å²) in [7, 11) is 4.17. The van der Waals surface area contributed by atoms with Crippen LogP contribution in [0.4, 0.5) is 5.82 Å². The highest BCUT2D eigenvalue weighted by Crippen LogP contribution is 2.37. The van der Waals surface area contributed by atoms with E-state index in [2.05, 4.69) is 83.5 Å². The van der Waals surface area contributed by atoms with Crippen molar-refractivity contribution in [3.8, 4) is 23.3 Å². The van der Waals surface area contributed by atoms with Gasteiger partial charge in [-0.05, 0) is 61.8 Å². The number of rotatable bonds is 7. The number of benzene rings is 2. The number of hydrogen-bond donors (Lipinski definition) is 0. The lowest BCUT2D eigenvalue weighted by Gasteiger charge is -2.40. The highest BCUT2D eigenvalue weighted by Gasteiger charge is 2.32. The first kappa shape index (κ1) is 27.7. The molecule has 0 saturated carbocycles. The molecule has 0 bridgehead atoms. The first-order chi connectivity index (χ1) is 20.4. The molecule has 9 nitrogen and oxygen atoms in total. The third-order valence-electron chi connectivity index (χ3n) is 8.88. The van der Waals surface area contributed by atoms with Crippen LogP contribution in [0.3, 0.4) is 0 Å². The fourth-order valence-electron chi connectivity index (χ4n) is 6.56. The normalized spacial score (nSPS) is 19.4. The molecule has 2 fully saturated rings. The summed E-state index contributed by atoms with van der Waals surface area (Å²) in [5.74, 6) is 0.614. The summed E-state index contributed by atoms with van der Waals surface area (Å²) in [6, 6.07) is 17.6. The Kier molecular flexibility index (Phi) is 7.56. The zero-order valence-corrected chi connectivity index (χ0v) is 24.6. The number of nitrogens with zero attached hydrogens (tertiary/aromatic N) is 7. The van der Waals surface area contributed by atoms with Gasteiger partial charge in [-0.15, -0.1) is 0 Å². The lowest BCUT2D eigenvalue weighted by Crippen LogP contribution is -2.55. The number of piperazine rings is 1. The van der Waals surface area contributed by atoms with Gasteiger partial charge in [0.25, 0.3) is 0 Å². The van der Waals surface area contributed by atoms with E-state index in [0.29, 0.717) is 38.3 Å². The van der Waals surface area contributed by atoms with Crippen molar-refractivity contribution in [2.75, 3.05) is 44.7 Å². The second kappa shape index (κ2) is 11.5. The second-order valence-corrected chi connectivity index (χ2v) is 11.4. The molecule has 4 aromatic rings. The van der Waals surface area contributed by atoms with Crippen LogP contribution >= 0.6 is 0 Å². The van der Waals surface area contributed by atoms with Crippen LogP contribution in [-0.2, 0) is 11.8 Å². The Labute approximate surface area is 246 Å². The van der Waals surface area contributed by atoms with E-state index in [0.717, 1.165) is 47.5 Å². The zero-order chi connectivity index (χ0) is 29.4. The summed E-state index contributed by atoms with van der Waals surface area (Å²) in [6.07, 6.45) is 3.81. The maximum absolute atomic E-state index is 12.6. The van der Waals surface area contributed by atoms with Gasteiger partial charge in [0.15, 0.2) is 0 Å². The number of likely N-dealkylation sites (tertiary alicyclic amines) is 1. The van der Waals surface area contributed by atoms with Crippen molar-refractivity contribution in [1.29, 1.82) is 5.26 Å². The Hall–Kier alpha value is -4.42. The topological polar surface area (TPSA) is 90.5 Å². The van der Waals surface area contributed by atoms with Gasteiger partial charge in [-0.3, -0.25) is 4.79 Å². The Morgan fingerprint density at radius 3 is 2.69 bits per heavy atom. The summed E-state index contributed by atoms with van der Waals surface area (Å²) in [5, 5.41) is 12.9. The molecule has 2 saturated heterocycles. The molecule has 0 N–H and O–H groups in total. The highest BCUT2D eigenvalue weighted by molar-refractivity contribution is 6.02. The number of carbonyl (C=O) groups is 1. The summed E-state index contributed by atoms with van der Waals surface area (Å²) in [4.78, 5) is 28.7. The molecule has 0 radical (unpaired) electrons. The fourth-order valence-corrected chi connectivity index (χ4v) is 6.56. The molecule has 4 heterocycles. The van der Waals surface area contributed by atoms with E-state index in [1.165, 1.54) is 22.4 Å². The number of anilines is 1. The minimum atomic E-state index is -0.264. The quantitative estimate of drug-likeness (QED) is 0.302. The lowest BCUT2D eigenvalue weighted by atomic mass is 9.98. The molecule has 6 rings (SSSR count). The van der Waals surface area contributed by atoms with Crippen molar-refractivity contribution in [2.45, 2.75) is 38.3 Å². The van der Waals surface area contributed by atoms with Crippen LogP contribution in [0.25, 0.3) is 33.1 Å². The predicted molar refractivity (Wildman–Crippen MR) is 165 cm³/mol. The molecular weight excluding hydrogens is 526 g/mol. The van der Waals surface area contributed by atoms with Crippen molar-refractivity contribution >= 4 is 33.5 Å². The summed E-state index contributed by atoms with van der Waals surface area (Å²) < 4.78 is 8.40. The van der Waals surface area contributed by atoms with E-state index in [9.17, 15) is 10.1 Å². The van der Waals surface area contributed by atoms with Gasteiger partial charge in [0.05, 0.1) is 29.6 Å². The molecule has 216 valence electrons. The number of ether oxygens (including phenoxy) is 1. The van der Waals surface area contributed by atoms with E-state index >= 15 is 0 Å². The Bertz CT molecular complexity index is 1700. The summed E-state index contributed by atoms with van der Waals surface area (Å²) >= 11 is 0. The van der Waals surface area contributed by atoms with Crippen molar-refractivity contribution < 1.29 is 9.53 Å². The van der Waals surface area contributed by atoms with Gasteiger partial charge >= 0.3 is 6.01 Å². The smallest absolute Gasteiger partial charge is 0.320 e. The van der Waals surface area contributed by atoms with Crippen molar-refractivity contribution in [3.63, 3.8) is 0 Å². The van der Waals surface area contributed by atoms with Gasteiger partial charge in [-0.1, -0.05) is 43.0 Å². The number of fused-ring (bicyclic) bond motifs is 2. The minimum Gasteiger partial charge on any atom is -0.462 e. The van der Waals surface area contributed by atoms with Gasteiger partial charge in [-0.2, -0.15) is 15.2 Å². The van der Waals surface area contributed by atoms with Gasteiger partial charge in [0.1, 0.15) is 18.1 Å². The van der Waals surface area contributed by atoms with E-state index < -0.39 is 0 Å². The van der Waals surface area contributed by atoms with Gasteiger partial charge < -0.3 is 24.0 Å². The molecule has 0 spiro atoms. The van der Waals surface area contributed by atoms with Crippen LogP contribution in [0.15, 0.2) is 55.1 Å². The second-order valence-electron chi connectivity index (χ2n) is 11.4. The average molecular weight is 564 g/mol. The molecule has 2 aromatic carbocycles. The molecule has 42 heavy (non-hydrogen) atoms. The molecule has 0 aliphatic carbocycles. The monoisotopic (exact) mass is 563 g/mol. The Morgan fingerprint density at radius 1 is 1.14 bits per heavy atom. The summed E-state index contributed by atoms with van der Waals surface area (Å²) in [6.45, 7) is 8.94. The van der Waals surface area contributed by atoms with Crippen LogP contribution in [0.1, 0.15) is 24.8 Å². The van der Waals surface area contributed by atoms with E-state index in [-0.39, 0.29) is 18.4 Å². The first-order valence-corrected chi connectivity index (χ1v) is 14.6. The average Bonchev–Trinajstić information content (AvgIpc) is 3.57. The number of carbonyl (C=O) groups excluding carboxylic acids is 1. The summed E-state index contributed by atoms with van der Waals surface area (Å²) in [5.41, 5.74) is 4.18. The number of nitriles is 1. The molecule has 9 heteroatoms. The van der Waals surface area contributed by atoms with Crippen LogP contribution < -0.4 is 9.64 Å². The molecule has 0 unspecified atom stereocenters. The molecule has 1 amide bonds. The van der Waals surface area contributed by atoms with Crippen LogP contribution in [0, 0.1) is 18.3 Å². The number of likely N-dealkylation sites (N-methyl/N-ethyl adjacent to an activating group) is 1. The fraction of sp³-hybridized carbons (Fsp3) is 0.394. The van der Waals surface area contributed by atoms with E-state index in [4.69, 9.17) is 14.7 Å². The molecular formula is C33H37N7O2. The standard InChI is InChI=1S/C33H37N7O2/c1-5-29(41)40-18-17-39(20-24(40)14-15-34)32-27-19-28(26-13-7-11-23-10-6-9-22(2)30(23)26)38(4)31(27)35-33(36-32)42-21-25-12-8-16-37(25)3/h5-7,9-11,13,19,24-25H,1,8,12,14,16-18,20-21H2,2-4H3/t24-,25+/m0/s1. The van der Waals surface area contributed by atoms with Crippen molar-refractivity contribution in [2.24, 2.45) is 7.05 Å². The largest absolute Gasteiger partial charge is 0.462 e. The van der Waals surface area contributed by atoms with Crippen LogP contribution in [0.5, 0.6) is 6.01 Å². The van der Waals surface area contributed by atoms with Gasteiger partial charge in [0.2, 0.25) is 5.91 Å². The minimum absolute atomic E-state index is 0.152. The van der Waals surface area contributed by atoms with Crippen LogP contribution in [0.2, 0.25) is 0 Å². The van der Waals surface area contributed by atoms with Crippen LogP contribution in [-0.4, -0.2) is 82.2 Å². The Balaban J connectivity index is 1.46. The zero-order valence-electron chi connectivity index (χ0n) is 24.6. The molecule has 2 aliphatic rings. The maximum atomic E-state index is 12.6. The number of hydrogen-bond acceptors (Lipinski definition) is 7. The predicted octanol–water partition coefficient (Wildman–Crippen LogP) is 4.69. The van der Waals surface area contributed by atoms with Gasteiger partial charge in [-0.25, -0.2) is 0 Å². The SMILES string of the molecule is C=CC(=O)N1CCN(c2nc(OC[C@H]3CCCN3C)nc3c2cc(-c2cccc4cccc(C)c24)n3C)C[C@@H]1CC#N. The highest BCUT2D eigenvalue weighted by atomic mass is 16.5. The number of amides is 1. The number of aryl methyl sites for hydroxylation is 2. The molecule has 2 aliphatic heterocycles. The van der Waals surface area contributed by atoms with Crippen molar-refractivity contribution in [3.05, 3.63) is 60.7 Å². The third-order valence-corrected chi connectivity index (χ3v) is 8.88. The van der Waals surface area contributed by atoms with Crippen molar-refractivity contribution in [1.82, 2.24) is 24.3 Å². The van der Waals surface area contributed by atoms with E-state index in [1.807, 2.05) is 7.05 Å².